The minimum atomic E-state index is -0.0177. The van der Waals surface area contributed by atoms with E-state index in [0.29, 0.717) is 13.0 Å². The van der Waals surface area contributed by atoms with Crippen molar-refractivity contribution in [1.82, 2.24) is 4.90 Å². The first-order valence-corrected chi connectivity index (χ1v) is 9.97. The maximum Gasteiger partial charge on any atom is 0.305 e. The van der Waals surface area contributed by atoms with Gasteiger partial charge in [0.15, 0.2) is 0 Å². The van der Waals surface area contributed by atoms with Gasteiger partial charge in [0, 0.05) is 6.42 Å². The highest BCUT2D eigenvalue weighted by Gasteiger charge is 2.02. The lowest BCUT2D eigenvalue weighted by Gasteiger charge is -2.08. The lowest BCUT2D eigenvalue weighted by atomic mass is 10.1. The van der Waals surface area contributed by atoms with Crippen molar-refractivity contribution in [2.45, 2.75) is 96.8 Å². The lowest BCUT2D eigenvalue weighted by Crippen LogP contribution is -2.13. The lowest BCUT2D eigenvalue weighted by molar-refractivity contribution is -0.143. The largest absolute Gasteiger partial charge is 0.466 e. The van der Waals surface area contributed by atoms with E-state index in [0.717, 1.165) is 25.8 Å². The number of nitrogens with zero attached hydrogens (tertiary/aromatic N) is 1. The van der Waals surface area contributed by atoms with E-state index in [-0.39, 0.29) is 5.97 Å². The second-order valence-electron chi connectivity index (χ2n) is 7.02. The summed E-state index contributed by atoms with van der Waals surface area (Å²) < 4.78 is 5.28. The van der Waals surface area contributed by atoms with Gasteiger partial charge in [-0.25, -0.2) is 0 Å². The van der Waals surface area contributed by atoms with E-state index in [1.54, 1.807) is 0 Å². The van der Waals surface area contributed by atoms with Gasteiger partial charge in [-0.1, -0.05) is 71.1 Å². The van der Waals surface area contributed by atoms with E-state index >= 15 is 0 Å². The molecule has 0 fully saturated rings. The molecule has 0 atom stereocenters. The van der Waals surface area contributed by atoms with Crippen molar-refractivity contribution in [3.05, 3.63) is 0 Å². The van der Waals surface area contributed by atoms with E-state index < -0.39 is 0 Å². The molecule has 0 radical (unpaired) electrons. The monoisotopic (exact) mass is 327 g/mol. The fourth-order valence-electron chi connectivity index (χ4n) is 2.72. The molecule has 3 heteroatoms. The van der Waals surface area contributed by atoms with Gasteiger partial charge in [-0.05, 0) is 39.9 Å². The zero-order chi connectivity index (χ0) is 17.2. The van der Waals surface area contributed by atoms with Crippen LogP contribution in [0.1, 0.15) is 96.8 Å². The Labute approximate surface area is 145 Å². The third-order valence-electron chi connectivity index (χ3n) is 4.25. The van der Waals surface area contributed by atoms with Gasteiger partial charge in [-0.3, -0.25) is 4.79 Å². The fraction of sp³-hybridized carbons (Fsp3) is 0.950. The van der Waals surface area contributed by atoms with Crippen LogP contribution in [0, 0.1) is 0 Å². The molecule has 0 rings (SSSR count). The van der Waals surface area contributed by atoms with Gasteiger partial charge < -0.3 is 9.64 Å². The van der Waals surface area contributed by atoms with Crippen LogP contribution in [-0.2, 0) is 9.53 Å². The minimum absolute atomic E-state index is 0.0177. The fourth-order valence-corrected chi connectivity index (χ4v) is 2.72. The number of esters is 1. The van der Waals surface area contributed by atoms with Gasteiger partial charge >= 0.3 is 5.97 Å². The highest BCUT2D eigenvalue weighted by Crippen LogP contribution is 2.11. The van der Waals surface area contributed by atoms with E-state index in [4.69, 9.17) is 4.74 Å². The zero-order valence-corrected chi connectivity index (χ0v) is 16.1. The number of rotatable bonds is 17. The maximum absolute atomic E-state index is 11.5. The molecular weight excluding hydrogens is 286 g/mol. The SMILES string of the molecule is CCCCCCCCCCCCCOC(=O)CCCCN(C)C. The number of hydrogen-bond acceptors (Lipinski definition) is 3. The molecule has 0 unspecified atom stereocenters. The number of carbonyl (C=O) groups is 1. The summed E-state index contributed by atoms with van der Waals surface area (Å²) in [4.78, 5) is 13.7. The molecule has 0 N–H and O–H groups in total. The summed E-state index contributed by atoms with van der Waals surface area (Å²) in [5, 5.41) is 0. The Morgan fingerprint density at radius 3 is 1.78 bits per heavy atom. The summed E-state index contributed by atoms with van der Waals surface area (Å²) >= 11 is 0. The molecule has 3 nitrogen and oxygen atoms in total. The van der Waals surface area contributed by atoms with Crippen LogP contribution in [0.3, 0.4) is 0 Å². The number of hydrogen-bond donors (Lipinski definition) is 0. The number of unbranched alkanes of at least 4 members (excludes halogenated alkanes) is 11. The molecule has 0 saturated heterocycles. The molecule has 0 bridgehead atoms. The molecule has 0 spiro atoms. The summed E-state index contributed by atoms with van der Waals surface area (Å²) in [6, 6.07) is 0. The Hall–Kier alpha value is -0.570. The molecule has 138 valence electrons. The van der Waals surface area contributed by atoms with Crippen molar-refractivity contribution in [2.75, 3.05) is 27.2 Å². The summed E-state index contributed by atoms with van der Waals surface area (Å²) in [6.07, 6.45) is 17.2. The molecule has 0 amide bonds. The van der Waals surface area contributed by atoms with E-state index in [2.05, 4.69) is 25.9 Å². The van der Waals surface area contributed by atoms with Crippen LogP contribution >= 0.6 is 0 Å². The van der Waals surface area contributed by atoms with Gasteiger partial charge in [-0.15, -0.1) is 0 Å². The molecule has 0 heterocycles. The average Bonchev–Trinajstić information content (AvgIpc) is 2.52. The predicted molar refractivity (Wildman–Crippen MR) is 99.8 cm³/mol. The smallest absolute Gasteiger partial charge is 0.305 e. The van der Waals surface area contributed by atoms with Crippen LogP contribution in [0.2, 0.25) is 0 Å². The van der Waals surface area contributed by atoms with Crippen molar-refractivity contribution >= 4 is 5.97 Å². The second-order valence-corrected chi connectivity index (χ2v) is 7.02. The quantitative estimate of drug-likeness (QED) is 0.258. The van der Waals surface area contributed by atoms with Gasteiger partial charge in [0.1, 0.15) is 0 Å². The van der Waals surface area contributed by atoms with E-state index in [1.165, 1.54) is 64.2 Å². The number of carbonyl (C=O) groups excluding carboxylic acids is 1. The van der Waals surface area contributed by atoms with Crippen LogP contribution in [0.4, 0.5) is 0 Å². The molecule has 0 aliphatic heterocycles. The summed E-state index contributed by atoms with van der Waals surface area (Å²) in [7, 11) is 4.12. The number of ether oxygens (including phenoxy) is 1. The topological polar surface area (TPSA) is 29.5 Å². The Morgan fingerprint density at radius 2 is 1.26 bits per heavy atom. The van der Waals surface area contributed by atoms with Gasteiger partial charge in [-0.2, -0.15) is 0 Å². The van der Waals surface area contributed by atoms with Crippen LogP contribution in [0.25, 0.3) is 0 Å². The Morgan fingerprint density at radius 1 is 0.739 bits per heavy atom. The van der Waals surface area contributed by atoms with Crippen LogP contribution in [-0.4, -0.2) is 38.1 Å². The first-order chi connectivity index (χ1) is 11.2. The van der Waals surface area contributed by atoms with E-state index in [9.17, 15) is 4.79 Å². The molecule has 0 aliphatic carbocycles. The maximum atomic E-state index is 11.5. The van der Waals surface area contributed by atoms with Crippen molar-refractivity contribution in [1.29, 1.82) is 0 Å². The van der Waals surface area contributed by atoms with Crippen LogP contribution < -0.4 is 0 Å². The second kappa shape index (κ2) is 17.8. The standard InChI is InChI=1S/C20H41NO2/c1-4-5-6-7-8-9-10-11-12-13-16-19-23-20(22)17-14-15-18-21(2)3/h4-19H2,1-3H3. The Kier molecular flexibility index (Phi) is 17.3. The predicted octanol–water partition coefficient (Wildman–Crippen LogP) is 5.57. The minimum Gasteiger partial charge on any atom is -0.466 e. The van der Waals surface area contributed by atoms with Crippen molar-refractivity contribution in [3.63, 3.8) is 0 Å². The van der Waals surface area contributed by atoms with Crippen molar-refractivity contribution in [3.8, 4) is 0 Å². The third-order valence-corrected chi connectivity index (χ3v) is 4.25. The van der Waals surface area contributed by atoms with Crippen LogP contribution in [0.5, 0.6) is 0 Å². The van der Waals surface area contributed by atoms with Gasteiger partial charge in [0.25, 0.3) is 0 Å². The Bertz CT molecular complexity index is 254. The molecule has 0 aromatic heterocycles. The third kappa shape index (κ3) is 19.4. The van der Waals surface area contributed by atoms with Gasteiger partial charge in [0.2, 0.25) is 0 Å². The van der Waals surface area contributed by atoms with Crippen molar-refractivity contribution in [2.24, 2.45) is 0 Å². The zero-order valence-electron chi connectivity index (χ0n) is 16.1. The van der Waals surface area contributed by atoms with Crippen molar-refractivity contribution < 1.29 is 9.53 Å². The first-order valence-electron chi connectivity index (χ1n) is 9.97. The summed E-state index contributed by atoms with van der Waals surface area (Å²) in [5.74, 6) is -0.0177. The molecule has 23 heavy (non-hydrogen) atoms. The highest BCUT2D eigenvalue weighted by molar-refractivity contribution is 5.69. The first kappa shape index (κ1) is 22.4. The molecule has 0 aliphatic rings. The molecular formula is C20H41NO2. The normalized spacial score (nSPS) is 11.1. The van der Waals surface area contributed by atoms with Crippen LogP contribution in [0.15, 0.2) is 0 Å². The summed E-state index contributed by atoms with van der Waals surface area (Å²) in [5.41, 5.74) is 0. The highest BCUT2D eigenvalue weighted by atomic mass is 16.5. The molecule has 0 aromatic rings. The molecule has 0 aromatic carbocycles. The van der Waals surface area contributed by atoms with E-state index in [1.807, 2.05) is 0 Å². The Balaban J connectivity index is 3.13. The van der Waals surface area contributed by atoms with Gasteiger partial charge in [0.05, 0.1) is 6.61 Å². The average molecular weight is 328 g/mol. The molecule has 0 saturated carbocycles. The summed E-state index contributed by atoms with van der Waals surface area (Å²) in [6.45, 7) is 3.93.